The van der Waals surface area contributed by atoms with Crippen LogP contribution in [0.5, 0.6) is 0 Å². The molecule has 0 bridgehead atoms. The lowest BCUT2D eigenvalue weighted by Crippen LogP contribution is -2.47. The number of aromatic nitrogens is 2. The first-order valence-corrected chi connectivity index (χ1v) is 8.09. The molecule has 1 aliphatic carbocycles. The highest BCUT2D eigenvalue weighted by Gasteiger charge is 2.38. The predicted octanol–water partition coefficient (Wildman–Crippen LogP) is 2.63. The van der Waals surface area contributed by atoms with Crippen LogP contribution in [0.4, 0.5) is 0 Å². The maximum atomic E-state index is 13.1. The Labute approximate surface area is 135 Å². The van der Waals surface area contributed by atoms with Gasteiger partial charge in [-0.2, -0.15) is 5.26 Å². The zero-order chi connectivity index (χ0) is 15.8. The maximum absolute atomic E-state index is 13.1. The normalized spacial score (nSPS) is 21.3. The number of nitriles is 1. The smallest absolute Gasteiger partial charge is 0.250 e. The highest BCUT2D eigenvalue weighted by Crippen LogP contribution is 2.33. The minimum absolute atomic E-state index is 0.145. The molecule has 0 saturated heterocycles. The molecule has 5 heteroatoms. The second kappa shape index (κ2) is 5.54. The molecule has 2 aromatic rings. The molecule has 2 aliphatic rings. The van der Waals surface area contributed by atoms with Crippen molar-refractivity contribution < 1.29 is 4.79 Å². The van der Waals surface area contributed by atoms with Crippen molar-refractivity contribution in [3.63, 3.8) is 0 Å². The number of fused-ring (bicyclic) bond motifs is 1. The number of carbonyl (C=O) groups is 1. The summed E-state index contributed by atoms with van der Waals surface area (Å²) < 4.78 is 1.97. The largest absolute Gasteiger partial charge is 0.332 e. The van der Waals surface area contributed by atoms with E-state index >= 15 is 0 Å². The standard InChI is InChI=1S/C18H18N4O/c19-9-13-5-7-14(8-6-13)17-18(23)21(15-3-1-2-4-15)11-16-10-20-12-22(16)17/h5-8,10,12,15,17H,1-4,11H2. The fourth-order valence-corrected chi connectivity index (χ4v) is 3.78. The molecular weight excluding hydrogens is 288 g/mol. The molecule has 1 amide bonds. The fourth-order valence-electron chi connectivity index (χ4n) is 3.78. The topological polar surface area (TPSA) is 61.9 Å². The van der Waals surface area contributed by atoms with E-state index in [-0.39, 0.29) is 11.9 Å². The molecule has 1 saturated carbocycles. The molecule has 1 fully saturated rings. The van der Waals surface area contributed by atoms with Gasteiger partial charge in [-0.05, 0) is 30.5 Å². The van der Waals surface area contributed by atoms with Crippen molar-refractivity contribution in [2.75, 3.05) is 0 Å². The zero-order valence-corrected chi connectivity index (χ0v) is 12.9. The van der Waals surface area contributed by atoms with Crippen molar-refractivity contribution in [1.29, 1.82) is 5.26 Å². The van der Waals surface area contributed by atoms with Crippen LogP contribution < -0.4 is 0 Å². The van der Waals surface area contributed by atoms with Gasteiger partial charge >= 0.3 is 0 Å². The van der Waals surface area contributed by atoms with E-state index < -0.39 is 0 Å². The SMILES string of the molecule is N#Cc1ccc(C2C(=O)N(C3CCCC3)Cc3cncn32)cc1. The van der Waals surface area contributed by atoms with Crippen molar-refractivity contribution in [3.05, 3.63) is 53.6 Å². The molecule has 116 valence electrons. The summed E-state index contributed by atoms with van der Waals surface area (Å²) in [6, 6.07) is 9.41. The number of nitrogens with zero attached hydrogens (tertiary/aromatic N) is 4. The van der Waals surface area contributed by atoms with Crippen molar-refractivity contribution in [2.45, 2.75) is 44.3 Å². The Morgan fingerprint density at radius 1 is 1.17 bits per heavy atom. The minimum atomic E-state index is -0.366. The van der Waals surface area contributed by atoms with Gasteiger partial charge in [0.1, 0.15) is 6.04 Å². The first kappa shape index (κ1) is 14.0. The highest BCUT2D eigenvalue weighted by atomic mass is 16.2. The number of hydrogen-bond acceptors (Lipinski definition) is 3. The van der Waals surface area contributed by atoms with Gasteiger partial charge in [0, 0.05) is 12.2 Å². The van der Waals surface area contributed by atoms with Crippen LogP contribution in [0.1, 0.15) is 48.5 Å². The van der Waals surface area contributed by atoms with Gasteiger partial charge in [-0.25, -0.2) is 4.98 Å². The summed E-state index contributed by atoms with van der Waals surface area (Å²) in [6.45, 7) is 0.649. The number of imidazole rings is 1. The van der Waals surface area contributed by atoms with E-state index in [4.69, 9.17) is 5.26 Å². The number of rotatable bonds is 2. The molecule has 1 unspecified atom stereocenters. The number of carbonyl (C=O) groups excluding carboxylic acids is 1. The Morgan fingerprint density at radius 3 is 2.61 bits per heavy atom. The quantitative estimate of drug-likeness (QED) is 0.857. The first-order valence-electron chi connectivity index (χ1n) is 8.09. The molecule has 2 heterocycles. The van der Waals surface area contributed by atoms with E-state index in [0.717, 1.165) is 24.1 Å². The summed E-state index contributed by atoms with van der Waals surface area (Å²) in [4.78, 5) is 19.4. The Kier molecular flexibility index (Phi) is 3.38. The Balaban J connectivity index is 1.74. The summed E-state index contributed by atoms with van der Waals surface area (Å²) >= 11 is 0. The van der Waals surface area contributed by atoms with Crippen molar-refractivity contribution >= 4 is 5.91 Å². The summed E-state index contributed by atoms with van der Waals surface area (Å²) in [5.74, 6) is 0.145. The number of benzene rings is 1. The Morgan fingerprint density at radius 2 is 1.91 bits per heavy atom. The first-order chi connectivity index (χ1) is 11.3. The monoisotopic (exact) mass is 306 g/mol. The van der Waals surface area contributed by atoms with Crippen LogP contribution in [0.2, 0.25) is 0 Å². The van der Waals surface area contributed by atoms with Gasteiger partial charge in [0.2, 0.25) is 0 Å². The van der Waals surface area contributed by atoms with Crippen LogP contribution in [0.25, 0.3) is 0 Å². The molecule has 4 rings (SSSR count). The summed E-state index contributed by atoms with van der Waals surface area (Å²) in [6.07, 6.45) is 8.19. The van der Waals surface area contributed by atoms with E-state index in [1.54, 1.807) is 18.5 Å². The van der Waals surface area contributed by atoms with Crippen LogP contribution in [0.3, 0.4) is 0 Å². The molecule has 0 N–H and O–H groups in total. The van der Waals surface area contributed by atoms with Gasteiger partial charge in [-0.1, -0.05) is 25.0 Å². The van der Waals surface area contributed by atoms with Gasteiger partial charge in [-0.3, -0.25) is 4.79 Å². The van der Waals surface area contributed by atoms with E-state index in [2.05, 4.69) is 11.1 Å². The van der Waals surface area contributed by atoms with Crippen molar-refractivity contribution in [2.24, 2.45) is 0 Å². The van der Waals surface area contributed by atoms with Gasteiger partial charge in [0.15, 0.2) is 0 Å². The van der Waals surface area contributed by atoms with Crippen LogP contribution in [0.15, 0.2) is 36.8 Å². The third-order valence-electron chi connectivity index (χ3n) is 4.99. The van der Waals surface area contributed by atoms with Gasteiger partial charge in [0.25, 0.3) is 5.91 Å². The van der Waals surface area contributed by atoms with E-state index in [0.29, 0.717) is 18.2 Å². The number of amides is 1. The summed E-state index contributed by atoms with van der Waals surface area (Å²) in [5.41, 5.74) is 2.59. The molecule has 5 nitrogen and oxygen atoms in total. The lowest BCUT2D eigenvalue weighted by Gasteiger charge is -2.37. The Bertz CT molecular complexity index is 765. The molecule has 1 atom stereocenters. The molecule has 0 spiro atoms. The van der Waals surface area contributed by atoms with Crippen molar-refractivity contribution in [1.82, 2.24) is 14.5 Å². The average Bonchev–Trinajstić information content (AvgIpc) is 3.25. The van der Waals surface area contributed by atoms with Crippen molar-refractivity contribution in [3.8, 4) is 6.07 Å². The molecular formula is C18H18N4O. The lowest BCUT2D eigenvalue weighted by atomic mass is 10.00. The molecule has 0 radical (unpaired) electrons. The van der Waals surface area contributed by atoms with E-state index in [1.807, 2.05) is 27.8 Å². The second-order valence-corrected chi connectivity index (χ2v) is 6.33. The van der Waals surface area contributed by atoms with Crippen LogP contribution in [-0.4, -0.2) is 26.4 Å². The predicted molar refractivity (Wildman–Crippen MR) is 84.3 cm³/mol. The zero-order valence-electron chi connectivity index (χ0n) is 12.9. The lowest BCUT2D eigenvalue weighted by molar-refractivity contribution is -0.138. The highest BCUT2D eigenvalue weighted by molar-refractivity contribution is 5.85. The van der Waals surface area contributed by atoms with Gasteiger partial charge < -0.3 is 9.47 Å². The third kappa shape index (κ3) is 2.31. The van der Waals surface area contributed by atoms with Gasteiger partial charge in [-0.15, -0.1) is 0 Å². The molecule has 1 aliphatic heterocycles. The molecule has 23 heavy (non-hydrogen) atoms. The summed E-state index contributed by atoms with van der Waals surface area (Å²) in [7, 11) is 0. The minimum Gasteiger partial charge on any atom is -0.332 e. The third-order valence-corrected chi connectivity index (χ3v) is 4.99. The Hall–Kier alpha value is -2.61. The summed E-state index contributed by atoms with van der Waals surface area (Å²) in [5, 5.41) is 8.96. The van der Waals surface area contributed by atoms with Gasteiger partial charge in [0.05, 0.1) is 30.2 Å². The average molecular weight is 306 g/mol. The second-order valence-electron chi connectivity index (χ2n) is 6.33. The maximum Gasteiger partial charge on any atom is 0.250 e. The fraction of sp³-hybridized carbons (Fsp3) is 0.389. The van der Waals surface area contributed by atoms with E-state index in [9.17, 15) is 4.79 Å². The van der Waals surface area contributed by atoms with Crippen LogP contribution >= 0.6 is 0 Å². The van der Waals surface area contributed by atoms with Crippen LogP contribution in [0, 0.1) is 11.3 Å². The molecule has 1 aromatic heterocycles. The number of hydrogen-bond donors (Lipinski definition) is 0. The van der Waals surface area contributed by atoms with Crippen LogP contribution in [-0.2, 0) is 11.3 Å². The molecule has 1 aromatic carbocycles. The van der Waals surface area contributed by atoms with E-state index in [1.165, 1.54) is 12.8 Å².